The van der Waals surface area contributed by atoms with Crippen LogP contribution in [-0.4, -0.2) is 42.1 Å². The van der Waals surface area contributed by atoms with Gasteiger partial charge in [0.05, 0.1) is 5.56 Å². The molecule has 0 aliphatic rings. The Kier molecular flexibility index (Phi) is 6.09. The van der Waals surface area contributed by atoms with Gasteiger partial charge in [0.2, 0.25) is 5.91 Å². The van der Waals surface area contributed by atoms with Gasteiger partial charge in [-0.2, -0.15) is 13.2 Å². The predicted molar refractivity (Wildman–Crippen MR) is 95.6 cm³/mol. The Balaban J connectivity index is 2.21. The molecule has 0 fully saturated rings. The molecule has 144 valence electrons. The van der Waals surface area contributed by atoms with Gasteiger partial charge in [0.25, 0.3) is 0 Å². The molecule has 0 aromatic heterocycles. The number of carbonyl (C=O) groups is 2. The van der Waals surface area contributed by atoms with Crippen LogP contribution in [0.1, 0.15) is 12.5 Å². The molecule has 0 atom stereocenters. The second kappa shape index (κ2) is 8.11. The summed E-state index contributed by atoms with van der Waals surface area (Å²) in [6.45, 7) is 1.53. The van der Waals surface area contributed by atoms with Crippen LogP contribution in [0.15, 0.2) is 48.5 Å². The molecule has 0 spiro atoms. The maximum Gasteiger partial charge on any atom is 0.416 e. The van der Waals surface area contributed by atoms with Gasteiger partial charge in [0.1, 0.15) is 6.54 Å². The standard InChI is InChI=1S/C19H19F3N2O3/c1-3-24(18(26)27)12-17(25)23(2)16-6-4-5-14(11-16)13-7-9-15(10-8-13)19(20,21)22/h4-11H,3,12H2,1-2H3,(H,26,27). The number of benzene rings is 2. The summed E-state index contributed by atoms with van der Waals surface area (Å²) in [6.07, 6.45) is -5.58. The molecule has 2 aromatic rings. The van der Waals surface area contributed by atoms with Gasteiger partial charge in [0, 0.05) is 19.3 Å². The molecule has 0 aliphatic carbocycles. The summed E-state index contributed by atoms with van der Waals surface area (Å²) in [4.78, 5) is 25.7. The van der Waals surface area contributed by atoms with E-state index in [0.29, 0.717) is 16.8 Å². The Hall–Kier alpha value is -3.03. The SMILES string of the molecule is CCN(CC(=O)N(C)c1cccc(-c2ccc(C(F)(F)F)cc2)c1)C(=O)O. The molecule has 27 heavy (non-hydrogen) atoms. The minimum absolute atomic E-state index is 0.181. The molecule has 8 heteroatoms. The molecule has 0 unspecified atom stereocenters. The van der Waals surface area contributed by atoms with Gasteiger partial charge in [0.15, 0.2) is 0 Å². The number of amides is 2. The minimum Gasteiger partial charge on any atom is -0.465 e. The average molecular weight is 380 g/mol. The number of hydrogen-bond donors (Lipinski definition) is 1. The quantitative estimate of drug-likeness (QED) is 0.840. The highest BCUT2D eigenvalue weighted by Gasteiger charge is 2.30. The first kappa shape index (κ1) is 20.3. The second-order valence-corrected chi connectivity index (χ2v) is 5.87. The fraction of sp³-hybridized carbons (Fsp3) is 0.263. The lowest BCUT2D eigenvalue weighted by atomic mass is 10.0. The third kappa shape index (κ3) is 4.99. The predicted octanol–water partition coefficient (Wildman–Crippen LogP) is 4.34. The van der Waals surface area contributed by atoms with Crippen molar-refractivity contribution in [2.75, 3.05) is 25.0 Å². The van der Waals surface area contributed by atoms with E-state index in [2.05, 4.69) is 0 Å². The molecule has 1 N–H and O–H groups in total. The number of rotatable bonds is 5. The molecular weight excluding hydrogens is 361 g/mol. The Labute approximate surface area is 154 Å². The molecule has 0 radical (unpaired) electrons. The first-order valence-electron chi connectivity index (χ1n) is 8.15. The maximum absolute atomic E-state index is 12.7. The van der Waals surface area contributed by atoms with Crippen molar-refractivity contribution in [3.63, 3.8) is 0 Å². The lowest BCUT2D eigenvalue weighted by Gasteiger charge is -2.22. The monoisotopic (exact) mass is 380 g/mol. The highest BCUT2D eigenvalue weighted by Crippen LogP contribution is 2.31. The maximum atomic E-state index is 12.7. The van der Waals surface area contributed by atoms with Crippen molar-refractivity contribution in [1.29, 1.82) is 0 Å². The van der Waals surface area contributed by atoms with Crippen molar-refractivity contribution in [2.24, 2.45) is 0 Å². The Morgan fingerprint density at radius 1 is 1.04 bits per heavy atom. The first-order valence-corrected chi connectivity index (χ1v) is 8.15. The second-order valence-electron chi connectivity index (χ2n) is 5.87. The molecule has 0 saturated carbocycles. The van der Waals surface area contributed by atoms with Crippen LogP contribution in [0.5, 0.6) is 0 Å². The van der Waals surface area contributed by atoms with Crippen molar-refractivity contribution in [3.8, 4) is 11.1 Å². The van der Waals surface area contributed by atoms with Crippen LogP contribution in [-0.2, 0) is 11.0 Å². The van der Waals surface area contributed by atoms with Crippen LogP contribution in [0.3, 0.4) is 0 Å². The Morgan fingerprint density at radius 3 is 2.19 bits per heavy atom. The van der Waals surface area contributed by atoms with Crippen LogP contribution in [0.4, 0.5) is 23.7 Å². The number of likely N-dealkylation sites (N-methyl/N-ethyl adjacent to an activating group) is 2. The summed E-state index contributed by atoms with van der Waals surface area (Å²) >= 11 is 0. The molecule has 0 heterocycles. The number of halogens is 3. The molecule has 5 nitrogen and oxygen atoms in total. The molecule has 0 aliphatic heterocycles. The smallest absolute Gasteiger partial charge is 0.416 e. The van der Waals surface area contributed by atoms with E-state index in [4.69, 9.17) is 5.11 Å². The zero-order chi connectivity index (χ0) is 20.2. The number of anilines is 1. The van der Waals surface area contributed by atoms with Gasteiger partial charge < -0.3 is 10.0 Å². The van der Waals surface area contributed by atoms with Crippen molar-refractivity contribution in [3.05, 3.63) is 54.1 Å². The van der Waals surface area contributed by atoms with Gasteiger partial charge in [-0.3, -0.25) is 9.69 Å². The fourth-order valence-electron chi connectivity index (χ4n) is 2.47. The van der Waals surface area contributed by atoms with Crippen molar-refractivity contribution in [1.82, 2.24) is 4.90 Å². The van der Waals surface area contributed by atoms with E-state index in [9.17, 15) is 22.8 Å². The summed E-state index contributed by atoms with van der Waals surface area (Å²) in [6, 6.07) is 11.5. The summed E-state index contributed by atoms with van der Waals surface area (Å²) in [5.41, 5.74) is 1.000. The third-order valence-corrected chi connectivity index (χ3v) is 4.13. The normalized spacial score (nSPS) is 11.1. The highest BCUT2D eigenvalue weighted by molar-refractivity contribution is 5.96. The van der Waals surface area contributed by atoms with Crippen LogP contribution in [0, 0.1) is 0 Å². The molecule has 0 bridgehead atoms. The fourth-order valence-corrected chi connectivity index (χ4v) is 2.47. The van der Waals surface area contributed by atoms with E-state index in [1.807, 2.05) is 0 Å². The number of carbonyl (C=O) groups excluding carboxylic acids is 1. The third-order valence-electron chi connectivity index (χ3n) is 4.13. The van der Waals surface area contributed by atoms with E-state index < -0.39 is 23.7 Å². The topological polar surface area (TPSA) is 60.9 Å². The van der Waals surface area contributed by atoms with Gasteiger partial charge in [-0.25, -0.2) is 4.79 Å². The van der Waals surface area contributed by atoms with Gasteiger partial charge in [-0.05, 0) is 42.3 Å². The van der Waals surface area contributed by atoms with E-state index in [1.165, 1.54) is 24.1 Å². The van der Waals surface area contributed by atoms with Crippen LogP contribution >= 0.6 is 0 Å². The summed E-state index contributed by atoms with van der Waals surface area (Å²) in [5.74, 6) is -0.413. The van der Waals surface area contributed by atoms with Gasteiger partial charge >= 0.3 is 12.3 Å². The summed E-state index contributed by atoms with van der Waals surface area (Å²) < 4.78 is 38.0. The summed E-state index contributed by atoms with van der Waals surface area (Å²) in [5, 5.41) is 9.02. The number of nitrogens with zero attached hydrogens (tertiary/aromatic N) is 2. The average Bonchev–Trinajstić information content (AvgIpc) is 2.64. The van der Waals surface area contributed by atoms with Crippen LogP contribution in [0.25, 0.3) is 11.1 Å². The van der Waals surface area contributed by atoms with Crippen molar-refractivity contribution >= 4 is 17.7 Å². The molecule has 2 rings (SSSR count). The molecule has 0 saturated heterocycles. The molecular formula is C19H19F3N2O3. The van der Waals surface area contributed by atoms with E-state index in [-0.39, 0.29) is 13.1 Å². The van der Waals surface area contributed by atoms with Crippen molar-refractivity contribution < 1.29 is 27.9 Å². The Morgan fingerprint density at radius 2 is 1.67 bits per heavy atom. The minimum atomic E-state index is -4.40. The number of hydrogen-bond acceptors (Lipinski definition) is 2. The van der Waals surface area contributed by atoms with Gasteiger partial charge in [-0.15, -0.1) is 0 Å². The van der Waals surface area contributed by atoms with Crippen LogP contribution in [0.2, 0.25) is 0 Å². The highest BCUT2D eigenvalue weighted by atomic mass is 19.4. The zero-order valence-electron chi connectivity index (χ0n) is 14.8. The van der Waals surface area contributed by atoms with Crippen molar-refractivity contribution in [2.45, 2.75) is 13.1 Å². The Bertz CT molecular complexity index is 820. The van der Waals surface area contributed by atoms with Crippen LogP contribution < -0.4 is 4.90 Å². The zero-order valence-corrected chi connectivity index (χ0v) is 14.8. The van der Waals surface area contributed by atoms with E-state index in [0.717, 1.165) is 17.0 Å². The molecule has 2 aromatic carbocycles. The number of carboxylic acid groups (broad SMARTS) is 1. The molecule has 2 amide bonds. The lowest BCUT2D eigenvalue weighted by Crippen LogP contribution is -2.40. The number of alkyl halides is 3. The largest absolute Gasteiger partial charge is 0.465 e. The van der Waals surface area contributed by atoms with Gasteiger partial charge in [-0.1, -0.05) is 24.3 Å². The van der Waals surface area contributed by atoms with E-state index >= 15 is 0 Å². The van der Waals surface area contributed by atoms with E-state index in [1.54, 1.807) is 31.2 Å². The first-order chi connectivity index (χ1) is 12.6. The summed E-state index contributed by atoms with van der Waals surface area (Å²) in [7, 11) is 1.52. The lowest BCUT2D eigenvalue weighted by molar-refractivity contribution is -0.137.